The second-order valence-electron chi connectivity index (χ2n) is 4.96. The van der Waals surface area contributed by atoms with E-state index in [0.29, 0.717) is 16.3 Å². The SMILES string of the molecule is O=C(NCC1CCCC(Br)C1)c1cc(Br)ccc1Br. The number of hydrogen-bond donors (Lipinski definition) is 1. The van der Waals surface area contributed by atoms with Crippen molar-refractivity contribution < 1.29 is 4.79 Å². The van der Waals surface area contributed by atoms with Crippen LogP contribution in [0.2, 0.25) is 0 Å². The first-order valence-electron chi connectivity index (χ1n) is 6.43. The summed E-state index contributed by atoms with van der Waals surface area (Å²) in [6, 6.07) is 5.64. The second-order valence-corrected chi connectivity index (χ2v) is 8.03. The van der Waals surface area contributed by atoms with E-state index >= 15 is 0 Å². The minimum absolute atomic E-state index is 0.00938. The van der Waals surface area contributed by atoms with Gasteiger partial charge in [-0.05, 0) is 59.3 Å². The van der Waals surface area contributed by atoms with Crippen molar-refractivity contribution in [3.63, 3.8) is 0 Å². The molecule has 2 unspecified atom stereocenters. The lowest BCUT2D eigenvalue weighted by Crippen LogP contribution is -2.32. The molecule has 1 aliphatic carbocycles. The number of nitrogens with one attached hydrogen (secondary N) is 1. The van der Waals surface area contributed by atoms with Gasteiger partial charge in [0.25, 0.3) is 5.91 Å². The van der Waals surface area contributed by atoms with Crippen molar-refractivity contribution in [3.05, 3.63) is 32.7 Å². The van der Waals surface area contributed by atoms with E-state index in [-0.39, 0.29) is 5.91 Å². The summed E-state index contributed by atoms with van der Waals surface area (Å²) < 4.78 is 1.74. The Morgan fingerprint density at radius 1 is 1.32 bits per heavy atom. The largest absolute Gasteiger partial charge is 0.352 e. The molecule has 5 heteroatoms. The lowest BCUT2D eigenvalue weighted by atomic mass is 9.89. The Labute approximate surface area is 139 Å². The van der Waals surface area contributed by atoms with Crippen molar-refractivity contribution in [2.45, 2.75) is 30.5 Å². The lowest BCUT2D eigenvalue weighted by molar-refractivity contribution is 0.0943. The van der Waals surface area contributed by atoms with E-state index in [1.807, 2.05) is 18.2 Å². The number of rotatable bonds is 3. The maximum absolute atomic E-state index is 12.2. The smallest absolute Gasteiger partial charge is 0.252 e. The molecule has 0 heterocycles. The highest BCUT2D eigenvalue weighted by Crippen LogP contribution is 2.28. The molecule has 1 aromatic rings. The molecule has 1 fully saturated rings. The molecule has 0 aliphatic heterocycles. The number of halogens is 3. The van der Waals surface area contributed by atoms with Crippen LogP contribution in [0.3, 0.4) is 0 Å². The van der Waals surface area contributed by atoms with E-state index in [1.54, 1.807) is 0 Å². The molecular formula is C14H16Br3NO. The number of amides is 1. The third-order valence-corrected chi connectivity index (χ3v) is 5.46. The van der Waals surface area contributed by atoms with Crippen LogP contribution in [0.1, 0.15) is 36.0 Å². The average molecular weight is 454 g/mol. The Balaban J connectivity index is 1.92. The zero-order valence-electron chi connectivity index (χ0n) is 10.5. The van der Waals surface area contributed by atoms with Crippen molar-refractivity contribution in [1.29, 1.82) is 0 Å². The van der Waals surface area contributed by atoms with E-state index in [2.05, 4.69) is 53.1 Å². The molecule has 0 radical (unpaired) electrons. The van der Waals surface area contributed by atoms with Crippen LogP contribution in [0.5, 0.6) is 0 Å². The molecule has 1 aromatic carbocycles. The Kier molecular flexibility index (Phi) is 5.90. The van der Waals surface area contributed by atoms with Gasteiger partial charge in [-0.15, -0.1) is 0 Å². The normalized spacial score (nSPS) is 23.1. The molecule has 1 aliphatic rings. The van der Waals surface area contributed by atoms with E-state index in [4.69, 9.17) is 0 Å². The first-order chi connectivity index (χ1) is 9.06. The van der Waals surface area contributed by atoms with Gasteiger partial charge in [0.15, 0.2) is 0 Å². The van der Waals surface area contributed by atoms with Gasteiger partial charge in [-0.25, -0.2) is 0 Å². The summed E-state index contributed by atoms with van der Waals surface area (Å²) in [4.78, 5) is 12.8. The molecule has 2 rings (SSSR count). The molecular weight excluding hydrogens is 438 g/mol. The first kappa shape index (κ1) is 15.5. The highest BCUT2D eigenvalue weighted by atomic mass is 79.9. The summed E-state index contributed by atoms with van der Waals surface area (Å²) in [6.07, 6.45) is 4.86. The van der Waals surface area contributed by atoms with Crippen LogP contribution < -0.4 is 5.32 Å². The highest BCUT2D eigenvalue weighted by molar-refractivity contribution is 9.11. The molecule has 104 valence electrons. The van der Waals surface area contributed by atoms with Gasteiger partial charge in [0, 0.05) is 20.3 Å². The summed E-state index contributed by atoms with van der Waals surface area (Å²) in [5, 5.41) is 3.05. The summed E-state index contributed by atoms with van der Waals surface area (Å²) in [6.45, 7) is 0.764. The molecule has 2 nitrogen and oxygen atoms in total. The fraction of sp³-hybridized carbons (Fsp3) is 0.500. The van der Waals surface area contributed by atoms with Crippen molar-refractivity contribution in [2.75, 3.05) is 6.54 Å². The Morgan fingerprint density at radius 2 is 2.11 bits per heavy atom. The average Bonchev–Trinajstić information content (AvgIpc) is 2.39. The monoisotopic (exact) mass is 451 g/mol. The summed E-state index contributed by atoms with van der Waals surface area (Å²) in [5.74, 6) is 0.581. The molecule has 0 aromatic heterocycles. The van der Waals surface area contributed by atoms with Gasteiger partial charge in [-0.3, -0.25) is 4.79 Å². The molecule has 1 N–H and O–H groups in total. The lowest BCUT2D eigenvalue weighted by Gasteiger charge is -2.25. The van der Waals surface area contributed by atoms with E-state index in [9.17, 15) is 4.79 Å². The Morgan fingerprint density at radius 3 is 2.84 bits per heavy atom. The molecule has 1 saturated carbocycles. The summed E-state index contributed by atoms with van der Waals surface area (Å²) >= 11 is 10.5. The van der Waals surface area contributed by atoms with Crippen LogP contribution in [-0.2, 0) is 0 Å². The van der Waals surface area contributed by atoms with Crippen molar-refractivity contribution in [2.24, 2.45) is 5.92 Å². The van der Waals surface area contributed by atoms with Crippen LogP contribution in [0.25, 0.3) is 0 Å². The van der Waals surface area contributed by atoms with Crippen LogP contribution in [0, 0.1) is 5.92 Å². The van der Waals surface area contributed by atoms with Gasteiger partial charge < -0.3 is 5.32 Å². The zero-order valence-corrected chi connectivity index (χ0v) is 15.2. The Hall–Kier alpha value is 0.130. The summed E-state index contributed by atoms with van der Waals surface area (Å²) in [7, 11) is 0. The summed E-state index contributed by atoms with van der Waals surface area (Å²) in [5.41, 5.74) is 0.681. The van der Waals surface area contributed by atoms with E-state index in [0.717, 1.165) is 21.9 Å². The minimum atomic E-state index is -0.00938. The van der Waals surface area contributed by atoms with Crippen LogP contribution in [-0.4, -0.2) is 17.3 Å². The third-order valence-electron chi connectivity index (χ3n) is 3.44. The molecule has 0 bridgehead atoms. The number of benzene rings is 1. The Bertz CT molecular complexity index is 464. The van der Waals surface area contributed by atoms with Crippen LogP contribution in [0.4, 0.5) is 0 Å². The number of alkyl halides is 1. The zero-order chi connectivity index (χ0) is 13.8. The standard InChI is InChI=1S/C14H16Br3NO/c15-10-3-1-2-9(6-10)8-18-14(19)12-7-11(16)4-5-13(12)17/h4-5,7,9-10H,1-3,6,8H2,(H,18,19). The predicted octanol–water partition coefficient (Wildman–Crippen LogP) is 4.90. The highest BCUT2D eigenvalue weighted by Gasteiger charge is 2.21. The van der Waals surface area contributed by atoms with E-state index < -0.39 is 0 Å². The topological polar surface area (TPSA) is 29.1 Å². The number of carbonyl (C=O) groups excluding carboxylic acids is 1. The van der Waals surface area contributed by atoms with Gasteiger partial charge in [0.05, 0.1) is 5.56 Å². The first-order valence-corrected chi connectivity index (χ1v) is 8.93. The molecule has 2 atom stereocenters. The van der Waals surface area contributed by atoms with Gasteiger partial charge >= 0.3 is 0 Å². The van der Waals surface area contributed by atoms with Gasteiger partial charge in [-0.1, -0.05) is 38.3 Å². The maximum Gasteiger partial charge on any atom is 0.252 e. The van der Waals surface area contributed by atoms with Gasteiger partial charge in [0.2, 0.25) is 0 Å². The predicted molar refractivity (Wildman–Crippen MR) is 88.8 cm³/mol. The van der Waals surface area contributed by atoms with E-state index in [1.165, 1.54) is 19.3 Å². The van der Waals surface area contributed by atoms with Gasteiger partial charge in [0.1, 0.15) is 0 Å². The second kappa shape index (κ2) is 7.23. The molecule has 0 saturated heterocycles. The molecule has 1 amide bonds. The van der Waals surface area contributed by atoms with Gasteiger partial charge in [-0.2, -0.15) is 0 Å². The number of carbonyl (C=O) groups is 1. The van der Waals surface area contributed by atoms with Crippen LogP contribution >= 0.6 is 47.8 Å². The third kappa shape index (κ3) is 4.57. The fourth-order valence-electron chi connectivity index (χ4n) is 2.41. The van der Waals surface area contributed by atoms with Crippen molar-refractivity contribution >= 4 is 53.7 Å². The van der Waals surface area contributed by atoms with Crippen molar-refractivity contribution in [3.8, 4) is 0 Å². The molecule has 0 spiro atoms. The molecule has 19 heavy (non-hydrogen) atoms. The number of hydrogen-bond acceptors (Lipinski definition) is 1. The fourth-order valence-corrected chi connectivity index (χ4v) is 4.05. The van der Waals surface area contributed by atoms with Crippen LogP contribution in [0.15, 0.2) is 27.1 Å². The van der Waals surface area contributed by atoms with Crippen molar-refractivity contribution in [1.82, 2.24) is 5.32 Å². The quantitative estimate of drug-likeness (QED) is 0.648. The minimum Gasteiger partial charge on any atom is -0.352 e. The maximum atomic E-state index is 12.2.